The van der Waals surface area contributed by atoms with Gasteiger partial charge in [-0.2, -0.15) is 0 Å². The predicted molar refractivity (Wildman–Crippen MR) is 94.2 cm³/mol. The molecule has 6 nitrogen and oxygen atoms in total. The van der Waals surface area contributed by atoms with Gasteiger partial charge in [0.1, 0.15) is 11.4 Å². The molecule has 0 atom stereocenters. The summed E-state index contributed by atoms with van der Waals surface area (Å²) in [7, 11) is 2.11. The molecule has 2 N–H and O–H groups in total. The molecule has 0 unspecified atom stereocenters. The fourth-order valence-corrected chi connectivity index (χ4v) is 3.65. The van der Waals surface area contributed by atoms with Crippen molar-refractivity contribution in [2.75, 3.05) is 25.0 Å². The predicted octanol–water partition coefficient (Wildman–Crippen LogP) is 3.43. The average molecular weight is 340 g/mol. The number of hydrogen-bond acceptors (Lipinski definition) is 5. The van der Waals surface area contributed by atoms with Gasteiger partial charge < -0.3 is 24.7 Å². The molecule has 2 heterocycles. The number of aromatic carboxylic acids is 1. The van der Waals surface area contributed by atoms with Gasteiger partial charge >= 0.3 is 5.97 Å². The van der Waals surface area contributed by atoms with E-state index in [2.05, 4.69) is 16.8 Å². The molecule has 1 fully saturated rings. The van der Waals surface area contributed by atoms with Crippen LogP contribution in [0.3, 0.4) is 0 Å². The first-order valence-corrected chi connectivity index (χ1v) is 8.39. The fraction of sp³-hybridized carbons (Fsp3) is 0.316. The molecule has 0 bridgehead atoms. The van der Waals surface area contributed by atoms with Crippen molar-refractivity contribution in [1.29, 1.82) is 0 Å². The second-order valence-electron chi connectivity index (χ2n) is 6.62. The van der Waals surface area contributed by atoms with Gasteiger partial charge in [0, 0.05) is 6.04 Å². The summed E-state index contributed by atoms with van der Waals surface area (Å²) in [5.74, 6) is -0.0966. The van der Waals surface area contributed by atoms with Crippen molar-refractivity contribution in [3.8, 4) is 17.2 Å². The minimum absolute atomic E-state index is 0.0129. The van der Waals surface area contributed by atoms with Crippen molar-refractivity contribution in [2.45, 2.75) is 18.9 Å². The monoisotopic (exact) mass is 340 g/mol. The Morgan fingerprint density at radius 1 is 1.16 bits per heavy atom. The van der Waals surface area contributed by atoms with Crippen molar-refractivity contribution in [2.24, 2.45) is 0 Å². The number of fused-ring (bicyclic) bond motifs is 2. The van der Waals surface area contributed by atoms with E-state index in [-0.39, 0.29) is 17.4 Å². The lowest BCUT2D eigenvalue weighted by molar-refractivity contribution is 0.0696. The second-order valence-corrected chi connectivity index (χ2v) is 6.62. The maximum absolute atomic E-state index is 11.3. The van der Waals surface area contributed by atoms with E-state index in [0.717, 1.165) is 31.6 Å². The highest BCUT2D eigenvalue weighted by Gasteiger charge is 2.34. The fourth-order valence-electron chi connectivity index (χ4n) is 3.65. The van der Waals surface area contributed by atoms with Gasteiger partial charge in [0.15, 0.2) is 11.5 Å². The van der Waals surface area contributed by atoms with Crippen molar-refractivity contribution in [3.05, 3.63) is 42.0 Å². The number of phenolic OH excluding ortho intramolecular Hbond substituents is 1. The lowest BCUT2D eigenvalue weighted by Crippen LogP contribution is -2.42. The molecule has 2 aromatic rings. The van der Waals surface area contributed by atoms with Crippen molar-refractivity contribution >= 4 is 17.3 Å². The van der Waals surface area contributed by atoms with Gasteiger partial charge in [-0.05, 0) is 57.2 Å². The summed E-state index contributed by atoms with van der Waals surface area (Å²) in [5, 5.41) is 19.8. The van der Waals surface area contributed by atoms with Gasteiger partial charge in [0.2, 0.25) is 0 Å². The highest BCUT2D eigenvalue weighted by atomic mass is 16.5. The van der Waals surface area contributed by atoms with Crippen molar-refractivity contribution < 1.29 is 19.7 Å². The number of piperidine rings is 1. The average Bonchev–Trinajstić information content (AvgIpc) is 2.60. The molecule has 0 aromatic heterocycles. The Balaban J connectivity index is 1.85. The summed E-state index contributed by atoms with van der Waals surface area (Å²) in [6, 6.07) is 10.7. The molecular weight excluding hydrogens is 320 g/mol. The maximum Gasteiger partial charge on any atom is 0.335 e. The molecule has 4 rings (SSSR count). The van der Waals surface area contributed by atoms with E-state index in [0.29, 0.717) is 17.2 Å². The van der Waals surface area contributed by atoms with Crippen LogP contribution in [0.15, 0.2) is 36.4 Å². The number of phenols is 1. The minimum atomic E-state index is -1.09. The number of carboxylic acid groups (broad SMARTS) is 1. The van der Waals surface area contributed by atoms with E-state index in [1.807, 2.05) is 24.3 Å². The molecule has 0 radical (unpaired) electrons. The van der Waals surface area contributed by atoms with E-state index in [4.69, 9.17) is 4.74 Å². The molecule has 25 heavy (non-hydrogen) atoms. The summed E-state index contributed by atoms with van der Waals surface area (Å²) in [6.45, 7) is 1.96. The van der Waals surface area contributed by atoms with E-state index in [1.54, 1.807) is 0 Å². The van der Waals surface area contributed by atoms with E-state index >= 15 is 0 Å². The number of benzene rings is 2. The molecule has 6 heteroatoms. The van der Waals surface area contributed by atoms with Crippen LogP contribution in [0.1, 0.15) is 23.2 Å². The van der Waals surface area contributed by atoms with Crippen LogP contribution in [0, 0.1) is 0 Å². The number of carboxylic acids is 1. The zero-order valence-corrected chi connectivity index (χ0v) is 14.0. The Morgan fingerprint density at radius 2 is 1.88 bits per heavy atom. The first-order chi connectivity index (χ1) is 12.0. The standard InChI is InChI=1S/C19H20N2O4/c1-20-8-6-13(7-9-20)21-14-4-2-3-5-16(14)25-17-11-12(19(23)24)10-15(22)18(17)21/h2-5,10-11,13,22H,6-9H2,1H3,(H,23,24). The Bertz CT molecular complexity index is 828. The highest BCUT2D eigenvalue weighted by molar-refractivity contribution is 5.92. The minimum Gasteiger partial charge on any atom is -0.506 e. The lowest BCUT2D eigenvalue weighted by atomic mass is 9.99. The first kappa shape index (κ1) is 15.8. The topological polar surface area (TPSA) is 73.2 Å². The summed E-state index contributed by atoms with van der Waals surface area (Å²) in [6.07, 6.45) is 1.93. The van der Waals surface area contributed by atoms with Crippen LogP contribution in [0.25, 0.3) is 0 Å². The third-order valence-electron chi connectivity index (χ3n) is 4.94. The Labute approximate surface area is 145 Å². The number of rotatable bonds is 2. The van der Waals surface area contributed by atoms with Crippen molar-refractivity contribution in [3.63, 3.8) is 0 Å². The Kier molecular flexibility index (Phi) is 3.77. The largest absolute Gasteiger partial charge is 0.506 e. The smallest absolute Gasteiger partial charge is 0.335 e. The zero-order chi connectivity index (χ0) is 17.6. The number of carbonyl (C=O) groups is 1. The van der Waals surface area contributed by atoms with E-state index in [1.165, 1.54) is 12.1 Å². The molecule has 0 amide bonds. The molecule has 0 spiro atoms. The SMILES string of the molecule is CN1CCC(N2c3ccccc3Oc3cc(C(=O)O)cc(O)c32)CC1. The summed E-state index contributed by atoms with van der Waals surface area (Å²) in [4.78, 5) is 15.7. The van der Waals surface area contributed by atoms with Crippen LogP contribution in [-0.2, 0) is 0 Å². The number of para-hydroxylation sites is 2. The molecule has 2 aromatic carbocycles. The van der Waals surface area contributed by atoms with Gasteiger partial charge in [-0.25, -0.2) is 4.79 Å². The van der Waals surface area contributed by atoms with Crippen LogP contribution in [-0.4, -0.2) is 47.3 Å². The maximum atomic E-state index is 11.3. The lowest BCUT2D eigenvalue weighted by Gasteiger charge is -2.42. The van der Waals surface area contributed by atoms with E-state index in [9.17, 15) is 15.0 Å². The quantitative estimate of drug-likeness (QED) is 0.873. The number of aromatic hydroxyl groups is 1. The number of likely N-dealkylation sites (tertiary alicyclic amines) is 1. The van der Waals surface area contributed by atoms with Crippen molar-refractivity contribution in [1.82, 2.24) is 4.90 Å². The van der Waals surface area contributed by atoms with Crippen LogP contribution in [0.5, 0.6) is 17.2 Å². The molecule has 130 valence electrons. The first-order valence-electron chi connectivity index (χ1n) is 8.39. The number of anilines is 2. The molecule has 2 aliphatic heterocycles. The van der Waals surface area contributed by atoms with Crippen LogP contribution in [0.4, 0.5) is 11.4 Å². The van der Waals surface area contributed by atoms with Crippen LogP contribution in [0.2, 0.25) is 0 Å². The third kappa shape index (κ3) is 2.68. The summed E-state index contributed by atoms with van der Waals surface area (Å²) >= 11 is 0. The summed E-state index contributed by atoms with van der Waals surface area (Å²) < 4.78 is 5.92. The van der Waals surface area contributed by atoms with Gasteiger partial charge in [-0.1, -0.05) is 12.1 Å². The van der Waals surface area contributed by atoms with Gasteiger partial charge in [-0.15, -0.1) is 0 Å². The molecule has 2 aliphatic rings. The van der Waals surface area contributed by atoms with E-state index < -0.39 is 5.97 Å². The molecule has 0 aliphatic carbocycles. The van der Waals surface area contributed by atoms with Crippen LogP contribution < -0.4 is 9.64 Å². The van der Waals surface area contributed by atoms with Gasteiger partial charge in [-0.3, -0.25) is 0 Å². The van der Waals surface area contributed by atoms with Gasteiger partial charge in [0.25, 0.3) is 0 Å². The second kappa shape index (κ2) is 5.97. The molecule has 0 saturated carbocycles. The number of ether oxygens (including phenoxy) is 1. The normalized spacial score (nSPS) is 17.6. The van der Waals surface area contributed by atoms with Gasteiger partial charge in [0.05, 0.1) is 11.3 Å². The highest BCUT2D eigenvalue weighted by Crippen LogP contribution is 2.52. The Morgan fingerprint density at radius 3 is 2.60 bits per heavy atom. The number of nitrogens with zero attached hydrogens (tertiary/aromatic N) is 2. The molecule has 1 saturated heterocycles. The zero-order valence-electron chi connectivity index (χ0n) is 14.0. The third-order valence-corrected chi connectivity index (χ3v) is 4.94. The summed E-state index contributed by atoms with van der Waals surface area (Å²) in [5.41, 5.74) is 1.47. The number of hydrogen-bond donors (Lipinski definition) is 2. The Hall–Kier alpha value is -2.73. The van der Waals surface area contributed by atoms with Crippen LogP contribution >= 0.6 is 0 Å². The molecular formula is C19H20N2O4.